The van der Waals surface area contributed by atoms with Crippen LogP contribution in [0.2, 0.25) is 0 Å². The van der Waals surface area contributed by atoms with E-state index in [0.29, 0.717) is 5.92 Å². The van der Waals surface area contributed by atoms with Gasteiger partial charge in [-0.2, -0.15) is 0 Å². The van der Waals surface area contributed by atoms with Gasteiger partial charge in [-0.25, -0.2) is 4.98 Å². The van der Waals surface area contributed by atoms with Crippen LogP contribution in [0.4, 0.5) is 5.82 Å². The molecular formula is C26H26N2O. The molecule has 0 aliphatic carbocycles. The SMILES string of the molecule is COc1cccc2c(C)cc(NCCC(c3ccccc3)c3ccccc3)nc12. The van der Waals surface area contributed by atoms with Crippen molar-refractivity contribution in [3.63, 3.8) is 0 Å². The van der Waals surface area contributed by atoms with E-state index < -0.39 is 0 Å². The van der Waals surface area contributed by atoms with Crippen molar-refractivity contribution in [3.05, 3.63) is 102 Å². The van der Waals surface area contributed by atoms with Crippen LogP contribution in [0.25, 0.3) is 10.9 Å². The van der Waals surface area contributed by atoms with Crippen molar-refractivity contribution in [2.24, 2.45) is 0 Å². The summed E-state index contributed by atoms with van der Waals surface area (Å²) in [6, 6.07) is 29.6. The van der Waals surface area contributed by atoms with Crippen LogP contribution in [-0.4, -0.2) is 18.6 Å². The third-order valence-electron chi connectivity index (χ3n) is 5.37. The van der Waals surface area contributed by atoms with E-state index in [-0.39, 0.29) is 0 Å². The molecule has 1 aromatic heterocycles. The number of fused-ring (bicyclic) bond motifs is 1. The van der Waals surface area contributed by atoms with Gasteiger partial charge in [0.15, 0.2) is 0 Å². The second-order valence-corrected chi connectivity index (χ2v) is 7.27. The van der Waals surface area contributed by atoms with E-state index in [1.165, 1.54) is 16.7 Å². The maximum absolute atomic E-state index is 5.51. The number of para-hydroxylation sites is 1. The number of rotatable bonds is 7. The maximum Gasteiger partial charge on any atom is 0.145 e. The van der Waals surface area contributed by atoms with Gasteiger partial charge in [0, 0.05) is 17.8 Å². The van der Waals surface area contributed by atoms with Crippen LogP contribution >= 0.6 is 0 Å². The maximum atomic E-state index is 5.51. The van der Waals surface area contributed by atoms with E-state index in [2.05, 4.69) is 85.0 Å². The van der Waals surface area contributed by atoms with Crippen LogP contribution in [0.1, 0.15) is 29.0 Å². The molecule has 0 amide bonds. The summed E-state index contributed by atoms with van der Waals surface area (Å²) in [6.07, 6.45) is 0.985. The number of benzene rings is 3. The number of nitrogens with one attached hydrogen (secondary N) is 1. The molecule has 0 radical (unpaired) electrons. The van der Waals surface area contributed by atoms with Crippen molar-refractivity contribution in [2.45, 2.75) is 19.3 Å². The first-order valence-electron chi connectivity index (χ1n) is 10.0. The lowest BCUT2D eigenvalue weighted by Crippen LogP contribution is -2.10. The molecule has 0 bridgehead atoms. The summed E-state index contributed by atoms with van der Waals surface area (Å²) < 4.78 is 5.51. The summed E-state index contributed by atoms with van der Waals surface area (Å²) in [5.74, 6) is 2.04. The Morgan fingerprint density at radius 1 is 0.862 bits per heavy atom. The quantitative estimate of drug-likeness (QED) is 0.414. The van der Waals surface area contributed by atoms with Gasteiger partial charge in [-0.3, -0.25) is 0 Å². The number of hydrogen-bond acceptors (Lipinski definition) is 3. The van der Waals surface area contributed by atoms with Crippen LogP contribution < -0.4 is 10.1 Å². The molecule has 29 heavy (non-hydrogen) atoms. The lowest BCUT2D eigenvalue weighted by molar-refractivity contribution is 0.419. The van der Waals surface area contributed by atoms with Gasteiger partial charge >= 0.3 is 0 Å². The third kappa shape index (κ3) is 4.24. The van der Waals surface area contributed by atoms with E-state index in [4.69, 9.17) is 9.72 Å². The summed E-state index contributed by atoms with van der Waals surface area (Å²) in [6.45, 7) is 2.95. The summed E-state index contributed by atoms with van der Waals surface area (Å²) >= 11 is 0. The Morgan fingerprint density at radius 3 is 2.14 bits per heavy atom. The van der Waals surface area contributed by atoms with Gasteiger partial charge in [-0.05, 0) is 42.2 Å². The van der Waals surface area contributed by atoms with E-state index >= 15 is 0 Å². The van der Waals surface area contributed by atoms with E-state index in [1.807, 2.05) is 12.1 Å². The molecule has 4 aromatic rings. The highest BCUT2D eigenvalue weighted by Crippen LogP contribution is 2.30. The zero-order valence-electron chi connectivity index (χ0n) is 16.9. The molecule has 0 unspecified atom stereocenters. The van der Waals surface area contributed by atoms with Gasteiger partial charge in [-0.1, -0.05) is 72.8 Å². The molecule has 0 aliphatic rings. The smallest absolute Gasteiger partial charge is 0.145 e. The number of nitrogens with zero attached hydrogens (tertiary/aromatic N) is 1. The molecule has 0 spiro atoms. The number of ether oxygens (including phenoxy) is 1. The van der Waals surface area contributed by atoms with Gasteiger partial charge in [0.1, 0.15) is 17.1 Å². The highest BCUT2D eigenvalue weighted by molar-refractivity contribution is 5.88. The zero-order valence-corrected chi connectivity index (χ0v) is 16.9. The number of aryl methyl sites for hydroxylation is 1. The highest BCUT2D eigenvalue weighted by Gasteiger charge is 2.14. The monoisotopic (exact) mass is 382 g/mol. The predicted molar refractivity (Wildman–Crippen MR) is 121 cm³/mol. The normalized spacial score (nSPS) is 11.0. The van der Waals surface area contributed by atoms with E-state index in [9.17, 15) is 0 Å². The van der Waals surface area contributed by atoms with Gasteiger partial charge in [0.2, 0.25) is 0 Å². The lowest BCUT2D eigenvalue weighted by atomic mass is 9.88. The van der Waals surface area contributed by atoms with Crippen LogP contribution in [0.15, 0.2) is 84.9 Å². The van der Waals surface area contributed by atoms with Gasteiger partial charge in [0.25, 0.3) is 0 Å². The summed E-state index contributed by atoms with van der Waals surface area (Å²) in [5.41, 5.74) is 4.77. The molecule has 3 nitrogen and oxygen atoms in total. The largest absolute Gasteiger partial charge is 0.494 e. The van der Waals surface area contributed by atoms with E-state index in [1.54, 1.807) is 7.11 Å². The first kappa shape index (κ1) is 19.0. The third-order valence-corrected chi connectivity index (χ3v) is 5.37. The number of aromatic nitrogens is 1. The second-order valence-electron chi connectivity index (χ2n) is 7.27. The molecule has 0 atom stereocenters. The second kappa shape index (κ2) is 8.78. The molecule has 3 heteroatoms. The molecule has 0 saturated carbocycles. The van der Waals surface area contributed by atoms with Crippen molar-refractivity contribution in [1.82, 2.24) is 4.98 Å². The number of anilines is 1. The Bertz CT molecular complexity index is 1040. The Hall–Kier alpha value is -3.33. The van der Waals surface area contributed by atoms with Crippen molar-refractivity contribution in [1.29, 1.82) is 0 Å². The van der Waals surface area contributed by atoms with Crippen molar-refractivity contribution in [3.8, 4) is 5.75 Å². The minimum Gasteiger partial charge on any atom is -0.494 e. The van der Waals surface area contributed by atoms with Crippen LogP contribution in [0.3, 0.4) is 0 Å². The predicted octanol–water partition coefficient (Wildman–Crippen LogP) is 6.19. The Labute approximate surface area is 172 Å². The Kier molecular flexibility index (Phi) is 5.76. The topological polar surface area (TPSA) is 34.1 Å². The van der Waals surface area contributed by atoms with Crippen molar-refractivity contribution >= 4 is 16.7 Å². The van der Waals surface area contributed by atoms with Crippen molar-refractivity contribution in [2.75, 3.05) is 19.0 Å². The van der Waals surface area contributed by atoms with Crippen LogP contribution in [-0.2, 0) is 0 Å². The first-order valence-corrected chi connectivity index (χ1v) is 10.0. The summed E-state index contributed by atoms with van der Waals surface area (Å²) in [5, 5.41) is 4.66. The number of pyridine rings is 1. The molecule has 0 saturated heterocycles. The zero-order chi connectivity index (χ0) is 20.1. The molecule has 1 N–H and O–H groups in total. The van der Waals surface area contributed by atoms with Crippen LogP contribution in [0, 0.1) is 6.92 Å². The van der Waals surface area contributed by atoms with Gasteiger partial charge in [-0.15, -0.1) is 0 Å². The van der Waals surface area contributed by atoms with Gasteiger partial charge < -0.3 is 10.1 Å². The van der Waals surface area contributed by atoms with Crippen LogP contribution in [0.5, 0.6) is 5.75 Å². The first-order chi connectivity index (χ1) is 14.3. The Morgan fingerprint density at radius 2 is 1.52 bits per heavy atom. The minimum absolute atomic E-state index is 0.348. The fourth-order valence-electron chi connectivity index (χ4n) is 3.89. The number of methoxy groups -OCH3 is 1. The molecule has 4 rings (SSSR count). The Balaban J connectivity index is 1.55. The molecule has 1 heterocycles. The average Bonchev–Trinajstić information content (AvgIpc) is 2.77. The molecule has 0 aliphatic heterocycles. The van der Waals surface area contributed by atoms with E-state index in [0.717, 1.165) is 35.4 Å². The fourth-order valence-corrected chi connectivity index (χ4v) is 3.89. The standard InChI is InChI=1S/C26H26N2O/c1-19-18-25(28-26-22(19)14-9-15-24(26)29-2)27-17-16-23(20-10-5-3-6-11-20)21-12-7-4-8-13-21/h3-15,18,23H,16-17H2,1-2H3,(H,27,28). The minimum atomic E-state index is 0.348. The van der Waals surface area contributed by atoms with Crippen molar-refractivity contribution < 1.29 is 4.74 Å². The summed E-state index contributed by atoms with van der Waals surface area (Å²) in [7, 11) is 1.69. The molecule has 0 fully saturated rings. The van der Waals surface area contributed by atoms with Gasteiger partial charge in [0.05, 0.1) is 7.11 Å². The lowest BCUT2D eigenvalue weighted by Gasteiger charge is -2.19. The number of hydrogen-bond donors (Lipinski definition) is 1. The average molecular weight is 383 g/mol. The molecule has 3 aromatic carbocycles. The molecule has 146 valence electrons. The highest BCUT2D eigenvalue weighted by atomic mass is 16.5. The molecular weight excluding hydrogens is 356 g/mol. The fraction of sp³-hybridized carbons (Fsp3) is 0.192. The summed E-state index contributed by atoms with van der Waals surface area (Å²) in [4.78, 5) is 4.81.